The number of benzene rings is 3. The first-order valence-corrected chi connectivity index (χ1v) is 23.9. The summed E-state index contributed by atoms with van der Waals surface area (Å²) in [6.07, 6.45) is 12.5. The van der Waals surface area contributed by atoms with E-state index in [-0.39, 0.29) is 34.1 Å². The molecule has 0 radical (unpaired) electrons. The van der Waals surface area contributed by atoms with Gasteiger partial charge in [0.1, 0.15) is 22.9 Å². The summed E-state index contributed by atoms with van der Waals surface area (Å²) in [4.78, 5) is 37.6. The van der Waals surface area contributed by atoms with Crippen molar-refractivity contribution >= 4 is 55.5 Å². The van der Waals surface area contributed by atoms with Gasteiger partial charge in [0.15, 0.2) is 0 Å². The molecule has 1 saturated heterocycles. The van der Waals surface area contributed by atoms with Gasteiger partial charge in [-0.2, -0.15) is 0 Å². The standard InChI is InChI=1S/C48H53ClN6O7S/c1-48(2)16-14-34(42(27-48)32-8-10-36(49)11-9-32)29-53-18-20-54(21-19-53)37-12-13-40(45(24-37)62-38-22-33-15-17-50-46(33)51-28-38)47(56)52-63(59,60)39-25-43(55(57)58)41-23-35(30-61-44(41)26-39)31-6-4-3-5-7-31/h8-13,15,17,22,24-26,28,31,35H,3-7,14,16,18-21,23,27,29-30H2,1-2H3,(H,50,51)(H,52,56). The SMILES string of the molecule is CC1(C)CCC(CN2CCN(c3ccc(C(=O)NS(=O)(=O)c4cc5c(c([N+](=O)[O-])c4)CC(C4CCCCC4)CO5)c(Oc4cnc5[nH]ccc5c4)c3)CC2)=C(c2ccc(Cl)cc2)C1. The molecule has 1 saturated carbocycles. The number of allylic oxidation sites excluding steroid dienone is 1. The average molecular weight is 894 g/mol. The van der Waals surface area contributed by atoms with Crippen LogP contribution in [-0.4, -0.2) is 73.4 Å². The number of halogens is 1. The van der Waals surface area contributed by atoms with E-state index in [1.165, 1.54) is 35.4 Å². The van der Waals surface area contributed by atoms with Crippen LogP contribution in [0.1, 0.15) is 86.7 Å². The largest absolute Gasteiger partial charge is 0.493 e. The van der Waals surface area contributed by atoms with Gasteiger partial charge in [-0.1, -0.05) is 75.3 Å². The number of carbonyl (C=O) groups excluding carboxylic acids is 1. The number of nitrogens with zero attached hydrogens (tertiary/aromatic N) is 4. The summed E-state index contributed by atoms with van der Waals surface area (Å²) >= 11 is 6.25. The molecular formula is C48H53ClN6O7S. The predicted octanol–water partition coefficient (Wildman–Crippen LogP) is 9.95. The minimum atomic E-state index is -4.60. The van der Waals surface area contributed by atoms with Gasteiger partial charge in [-0.3, -0.25) is 19.8 Å². The fourth-order valence-corrected chi connectivity index (χ4v) is 11.0. The smallest absolute Gasteiger partial charge is 0.277 e. The van der Waals surface area contributed by atoms with Crippen LogP contribution in [0.4, 0.5) is 11.4 Å². The number of aromatic amines is 1. The lowest BCUT2D eigenvalue weighted by Gasteiger charge is -2.39. The molecule has 2 fully saturated rings. The van der Waals surface area contributed by atoms with Crippen molar-refractivity contribution in [2.75, 3.05) is 44.2 Å². The van der Waals surface area contributed by atoms with E-state index in [9.17, 15) is 23.3 Å². The Labute approximate surface area is 373 Å². The molecule has 9 rings (SSSR count). The van der Waals surface area contributed by atoms with Gasteiger partial charge >= 0.3 is 0 Å². The fraction of sp³-hybridized carbons (Fsp3) is 0.417. The molecule has 13 nitrogen and oxygen atoms in total. The van der Waals surface area contributed by atoms with E-state index in [1.54, 1.807) is 30.5 Å². The maximum Gasteiger partial charge on any atom is 0.277 e. The van der Waals surface area contributed by atoms with Gasteiger partial charge in [0.2, 0.25) is 0 Å². The minimum absolute atomic E-state index is 0.0314. The highest BCUT2D eigenvalue weighted by Crippen LogP contribution is 2.44. The Morgan fingerprint density at radius 3 is 2.56 bits per heavy atom. The lowest BCUT2D eigenvalue weighted by atomic mass is 9.72. The molecule has 330 valence electrons. The Balaban J connectivity index is 0.947. The van der Waals surface area contributed by atoms with E-state index < -0.39 is 25.7 Å². The Hall–Kier alpha value is -5.44. The summed E-state index contributed by atoms with van der Waals surface area (Å²) in [5.74, 6) is 0.237. The van der Waals surface area contributed by atoms with Crippen LogP contribution >= 0.6 is 11.6 Å². The Morgan fingerprint density at radius 2 is 1.79 bits per heavy atom. The number of H-pyrrole nitrogens is 1. The number of nitro groups is 1. The highest BCUT2D eigenvalue weighted by atomic mass is 35.5. The van der Waals surface area contributed by atoms with Gasteiger partial charge in [-0.25, -0.2) is 18.1 Å². The van der Waals surface area contributed by atoms with Gasteiger partial charge in [-0.15, -0.1) is 0 Å². The lowest BCUT2D eigenvalue weighted by Crippen LogP contribution is -2.47. The first-order chi connectivity index (χ1) is 30.3. The summed E-state index contributed by atoms with van der Waals surface area (Å²) < 4.78 is 42.4. The number of amides is 1. The summed E-state index contributed by atoms with van der Waals surface area (Å²) in [6, 6.07) is 19.2. The van der Waals surface area contributed by atoms with Crippen molar-refractivity contribution in [2.24, 2.45) is 17.3 Å². The van der Waals surface area contributed by atoms with Crippen LogP contribution in [0.15, 0.2) is 89.6 Å². The normalized spacial score (nSPS) is 19.7. The van der Waals surface area contributed by atoms with Crippen LogP contribution in [-0.2, 0) is 16.4 Å². The number of hydrogen-bond acceptors (Lipinski definition) is 10. The quantitative estimate of drug-likeness (QED) is 0.0965. The molecule has 3 aromatic carbocycles. The van der Waals surface area contributed by atoms with Crippen molar-refractivity contribution in [2.45, 2.75) is 76.5 Å². The number of hydrogen-bond donors (Lipinski definition) is 2. The number of ether oxygens (including phenoxy) is 2. The van der Waals surface area contributed by atoms with Crippen LogP contribution < -0.4 is 19.1 Å². The maximum atomic E-state index is 14.1. The third-order valence-corrected chi connectivity index (χ3v) is 15.0. The van der Waals surface area contributed by atoms with E-state index >= 15 is 0 Å². The van der Waals surface area contributed by atoms with E-state index in [1.807, 2.05) is 18.2 Å². The summed E-state index contributed by atoms with van der Waals surface area (Å²) in [5.41, 5.74) is 5.85. The predicted molar refractivity (Wildman–Crippen MR) is 244 cm³/mol. The molecule has 0 bridgehead atoms. The Morgan fingerprint density at radius 1 is 1.02 bits per heavy atom. The molecular weight excluding hydrogens is 840 g/mol. The second-order valence-corrected chi connectivity index (χ2v) is 20.5. The van der Waals surface area contributed by atoms with E-state index in [4.69, 9.17) is 21.1 Å². The van der Waals surface area contributed by atoms with Gasteiger partial charge < -0.3 is 19.4 Å². The molecule has 5 aromatic rings. The van der Waals surface area contributed by atoms with E-state index in [2.05, 4.69) is 50.5 Å². The zero-order valence-corrected chi connectivity index (χ0v) is 37.3. The third-order valence-electron chi connectivity index (χ3n) is 13.5. The molecule has 2 aliphatic heterocycles. The molecule has 1 unspecified atom stereocenters. The van der Waals surface area contributed by atoms with E-state index in [0.29, 0.717) is 35.9 Å². The molecule has 1 atom stereocenters. The number of piperazine rings is 1. The van der Waals surface area contributed by atoms with Crippen molar-refractivity contribution in [3.05, 3.63) is 117 Å². The number of carbonyl (C=O) groups is 1. The number of sulfonamides is 1. The number of nitrogens with one attached hydrogen (secondary N) is 2. The third kappa shape index (κ3) is 9.44. The Kier molecular flexibility index (Phi) is 12.0. The number of pyridine rings is 1. The fourth-order valence-electron chi connectivity index (χ4n) is 9.90. The van der Waals surface area contributed by atoms with Crippen molar-refractivity contribution in [3.63, 3.8) is 0 Å². The number of rotatable bonds is 11. The summed E-state index contributed by atoms with van der Waals surface area (Å²) in [5, 5.41) is 13.9. The number of fused-ring (bicyclic) bond motifs is 2. The van der Waals surface area contributed by atoms with Gasteiger partial charge in [0.25, 0.3) is 21.6 Å². The summed E-state index contributed by atoms with van der Waals surface area (Å²) in [7, 11) is -4.60. The second-order valence-electron chi connectivity index (χ2n) is 18.3. The van der Waals surface area contributed by atoms with E-state index in [0.717, 1.165) is 99.8 Å². The Bertz CT molecular complexity index is 2680. The van der Waals surface area contributed by atoms with Gasteiger partial charge in [0, 0.05) is 79.1 Å². The molecule has 4 aliphatic rings. The molecule has 2 N–H and O–H groups in total. The van der Waals surface area contributed by atoms with Crippen LogP contribution in [0.5, 0.6) is 17.2 Å². The second kappa shape index (κ2) is 17.6. The number of aromatic nitrogens is 2. The van der Waals surface area contributed by atoms with Gasteiger partial charge in [0.05, 0.1) is 33.7 Å². The van der Waals surface area contributed by atoms with Crippen molar-refractivity contribution in [3.8, 4) is 17.2 Å². The van der Waals surface area contributed by atoms with Crippen LogP contribution in [0.2, 0.25) is 5.02 Å². The molecule has 1 amide bonds. The molecule has 15 heteroatoms. The lowest BCUT2D eigenvalue weighted by molar-refractivity contribution is -0.386. The molecule has 2 aromatic heterocycles. The molecule has 63 heavy (non-hydrogen) atoms. The maximum absolute atomic E-state index is 14.1. The highest BCUT2D eigenvalue weighted by Gasteiger charge is 2.36. The zero-order valence-electron chi connectivity index (χ0n) is 35.7. The first kappa shape index (κ1) is 42.8. The molecule has 0 spiro atoms. The van der Waals surface area contributed by atoms with Crippen molar-refractivity contribution < 1.29 is 27.6 Å². The van der Waals surface area contributed by atoms with Crippen LogP contribution in [0.25, 0.3) is 16.6 Å². The highest BCUT2D eigenvalue weighted by molar-refractivity contribution is 7.90. The van der Waals surface area contributed by atoms with Crippen LogP contribution in [0, 0.1) is 27.4 Å². The number of anilines is 1. The van der Waals surface area contributed by atoms with Crippen molar-refractivity contribution in [1.29, 1.82) is 0 Å². The first-order valence-electron chi connectivity index (χ1n) is 22.0. The van der Waals surface area contributed by atoms with Crippen LogP contribution in [0.3, 0.4) is 0 Å². The van der Waals surface area contributed by atoms with Gasteiger partial charge in [-0.05, 0) is 84.6 Å². The number of nitro benzene ring substituents is 1. The average Bonchev–Trinajstić information content (AvgIpc) is 3.75. The molecule has 4 heterocycles. The zero-order chi connectivity index (χ0) is 43.9. The van der Waals surface area contributed by atoms with Crippen molar-refractivity contribution in [1.82, 2.24) is 19.6 Å². The summed E-state index contributed by atoms with van der Waals surface area (Å²) in [6.45, 7) is 9.02. The molecule has 2 aliphatic carbocycles. The topological polar surface area (TPSA) is 160 Å². The minimum Gasteiger partial charge on any atom is -0.493 e. The monoisotopic (exact) mass is 892 g/mol.